The van der Waals surface area contributed by atoms with Crippen molar-refractivity contribution in [3.63, 3.8) is 0 Å². The molecule has 1 aliphatic heterocycles. The van der Waals surface area contributed by atoms with Crippen molar-refractivity contribution in [2.75, 3.05) is 17.7 Å². The summed E-state index contributed by atoms with van der Waals surface area (Å²) in [6.07, 6.45) is 0.0708. The minimum absolute atomic E-state index is 0.0708. The topological polar surface area (TPSA) is 98.1 Å². The Morgan fingerprint density at radius 2 is 2.35 bits per heavy atom. The van der Waals surface area contributed by atoms with E-state index in [1.54, 1.807) is 43.0 Å². The number of carbonyl (C=O) groups is 2. The minimum Gasteiger partial charge on any atom is -0.497 e. The van der Waals surface area contributed by atoms with E-state index >= 15 is 0 Å². The second kappa shape index (κ2) is 6.07. The van der Waals surface area contributed by atoms with E-state index in [2.05, 4.69) is 20.7 Å². The number of hydrogen-bond donors (Lipinski definition) is 2. The number of nitrogens with one attached hydrogen (secondary N) is 2. The van der Waals surface area contributed by atoms with Gasteiger partial charge in [-0.3, -0.25) is 14.9 Å². The van der Waals surface area contributed by atoms with Crippen LogP contribution < -0.4 is 15.4 Å². The Labute approximate surface area is 132 Å². The molecule has 0 unspecified atom stereocenters. The van der Waals surface area contributed by atoms with Crippen molar-refractivity contribution < 1.29 is 14.3 Å². The number of aromatic nitrogens is 3. The molecule has 2 N–H and O–H groups in total. The minimum atomic E-state index is -0.478. The summed E-state index contributed by atoms with van der Waals surface area (Å²) in [5.41, 5.74) is 0.628. The maximum absolute atomic E-state index is 12.2. The van der Waals surface area contributed by atoms with Crippen molar-refractivity contribution in [1.82, 2.24) is 14.8 Å². The fraction of sp³-hybridized carbons (Fsp3) is 0.333. The molecule has 1 atom stereocenters. The average molecular weight is 315 g/mol. The molecule has 120 valence electrons. The molecule has 2 amide bonds. The highest BCUT2D eigenvalue weighted by Crippen LogP contribution is 2.21. The quantitative estimate of drug-likeness (QED) is 0.883. The number of aryl methyl sites for hydroxylation is 1. The van der Waals surface area contributed by atoms with Crippen LogP contribution in [0.1, 0.15) is 12.2 Å². The van der Waals surface area contributed by atoms with Crippen LogP contribution >= 0.6 is 0 Å². The van der Waals surface area contributed by atoms with E-state index in [1.165, 1.54) is 0 Å². The van der Waals surface area contributed by atoms with Crippen molar-refractivity contribution in [2.24, 2.45) is 5.92 Å². The maximum atomic E-state index is 12.2. The number of benzene rings is 1. The van der Waals surface area contributed by atoms with E-state index < -0.39 is 5.92 Å². The first-order valence-corrected chi connectivity index (χ1v) is 7.21. The number of amides is 2. The summed E-state index contributed by atoms with van der Waals surface area (Å²) in [5.74, 6) is 0.735. The van der Waals surface area contributed by atoms with Gasteiger partial charge in [-0.15, -0.1) is 0 Å². The smallest absolute Gasteiger partial charge is 0.232 e. The number of anilines is 2. The van der Waals surface area contributed by atoms with Crippen LogP contribution in [-0.2, 0) is 16.1 Å². The number of ether oxygens (including phenoxy) is 1. The second-order valence-electron chi connectivity index (χ2n) is 5.34. The fourth-order valence-electron chi connectivity index (χ4n) is 2.47. The van der Waals surface area contributed by atoms with Gasteiger partial charge in [-0.25, -0.2) is 4.68 Å². The second-order valence-corrected chi connectivity index (χ2v) is 5.34. The molecular formula is C15H17N5O3. The summed E-state index contributed by atoms with van der Waals surface area (Å²) in [6, 6.07) is 7.06. The largest absolute Gasteiger partial charge is 0.497 e. The Kier molecular flexibility index (Phi) is 3.96. The van der Waals surface area contributed by atoms with E-state index in [1.807, 2.05) is 0 Å². The van der Waals surface area contributed by atoms with Crippen LogP contribution in [0.4, 0.5) is 11.6 Å². The van der Waals surface area contributed by atoms with Crippen LogP contribution in [0, 0.1) is 12.8 Å². The molecule has 2 heterocycles. The monoisotopic (exact) mass is 315 g/mol. The van der Waals surface area contributed by atoms with E-state index in [4.69, 9.17) is 4.74 Å². The van der Waals surface area contributed by atoms with Gasteiger partial charge in [0.2, 0.25) is 17.8 Å². The van der Waals surface area contributed by atoms with Gasteiger partial charge in [0, 0.05) is 18.2 Å². The number of rotatable bonds is 4. The van der Waals surface area contributed by atoms with Crippen LogP contribution in [0.25, 0.3) is 0 Å². The molecule has 1 aromatic carbocycles. The van der Waals surface area contributed by atoms with Crippen molar-refractivity contribution in [1.29, 1.82) is 0 Å². The van der Waals surface area contributed by atoms with Crippen LogP contribution in [0.15, 0.2) is 24.3 Å². The average Bonchev–Trinajstić information content (AvgIpc) is 2.86. The Morgan fingerprint density at radius 1 is 1.52 bits per heavy atom. The maximum Gasteiger partial charge on any atom is 0.232 e. The zero-order chi connectivity index (χ0) is 16.4. The molecule has 0 saturated heterocycles. The van der Waals surface area contributed by atoms with Crippen molar-refractivity contribution >= 4 is 23.5 Å². The standard InChI is InChI=1S/C15H17N5O3/c1-9-16-15-18-14(22)10(8-20(15)19-9)6-13(21)17-11-4-3-5-12(7-11)23-2/h3-5,7,10H,6,8H2,1-2H3,(H,17,21)(H,16,18,19,22)/t10-/m0/s1. The Bertz CT molecular complexity index is 755. The molecule has 1 aliphatic rings. The fourth-order valence-corrected chi connectivity index (χ4v) is 2.47. The highest BCUT2D eigenvalue weighted by atomic mass is 16.5. The molecule has 2 aromatic rings. The summed E-state index contributed by atoms with van der Waals surface area (Å²) in [6.45, 7) is 2.09. The Morgan fingerprint density at radius 3 is 3.13 bits per heavy atom. The predicted molar refractivity (Wildman–Crippen MR) is 83.1 cm³/mol. The number of nitrogens with zero attached hydrogens (tertiary/aromatic N) is 3. The summed E-state index contributed by atoms with van der Waals surface area (Å²) in [4.78, 5) is 28.3. The number of methoxy groups -OCH3 is 1. The van der Waals surface area contributed by atoms with Gasteiger partial charge in [-0.1, -0.05) is 6.07 Å². The van der Waals surface area contributed by atoms with Gasteiger partial charge in [-0.2, -0.15) is 10.1 Å². The molecule has 0 spiro atoms. The third-order valence-electron chi connectivity index (χ3n) is 3.56. The molecule has 8 heteroatoms. The Balaban J connectivity index is 1.64. The van der Waals surface area contributed by atoms with Gasteiger partial charge in [0.05, 0.1) is 19.6 Å². The first-order chi connectivity index (χ1) is 11.0. The number of hydrogen-bond acceptors (Lipinski definition) is 5. The highest BCUT2D eigenvalue weighted by molar-refractivity contribution is 5.98. The molecule has 0 saturated carbocycles. The first kappa shape index (κ1) is 15.0. The molecule has 0 bridgehead atoms. The van der Waals surface area contributed by atoms with Gasteiger partial charge >= 0.3 is 0 Å². The third kappa shape index (κ3) is 3.31. The van der Waals surface area contributed by atoms with Crippen molar-refractivity contribution in [2.45, 2.75) is 19.9 Å². The zero-order valence-electron chi connectivity index (χ0n) is 12.9. The van der Waals surface area contributed by atoms with Gasteiger partial charge < -0.3 is 10.1 Å². The number of carbonyl (C=O) groups excluding carboxylic acids is 2. The van der Waals surface area contributed by atoms with Gasteiger partial charge in [0.25, 0.3) is 0 Å². The van der Waals surface area contributed by atoms with Crippen LogP contribution in [0.2, 0.25) is 0 Å². The van der Waals surface area contributed by atoms with Crippen molar-refractivity contribution in [3.8, 4) is 5.75 Å². The van der Waals surface area contributed by atoms with Crippen LogP contribution in [-0.4, -0.2) is 33.7 Å². The normalized spacial score (nSPS) is 16.4. The Hall–Kier alpha value is -2.90. The zero-order valence-corrected chi connectivity index (χ0v) is 12.9. The number of fused-ring (bicyclic) bond motifs is 1. The van der Waals surface area contributed by atoms with Crippen LogP contribution in [0.3, 0.4) is 0 Å². The van der Waals surface area contributed by atoms with Crippen LogP contribution in [0.5, 0.6) is 5.75 Å². The lowest BCUT2D eigenvalue weighted by molar-refractivity contribution is -0.125. The van der Waals surface area contributed by atoms with Crippen molar-refractivity contribution in [3.05, 3.63) is 30.1 Å². The lowest BCUT2D eigenvalue weighted by atomic mass is 10.0. The summed E-state index contributed by atoms with van der Waals surface area (Å²) in [5, 5.41) is 9.63. The van der Waals surface area contributed by atoms with E-state index in [0.29, 0.717) is 29.8 Å². The van der Waals surface area contributed by atoms with E-state index in [0.717, 1.165) is 0 Å². The molecule has 1 aromatic heterocycles. The van der Waals surface area contributed by atoms with E-state index in [-0.39, 0.29) is 18.2 Å². The molecule has 8 nitrogen and oxygen atoms in total. The van der Waals surface area contributed by atoms with Gasteiger partial charge in [0.1, 0.15) is 11.6 Å². The lowest BCUT2D eigenvalue weighted by Crippen LogP contribution is -2.36. The molecule has 0 aliphatic carbocycles. The molecule has 23 heavy (non-hydrogen) atoms. The summed E-state index contributed by atoms with van der Waals surface area (Å²) < 4.78 is 6.72. The molecule has 0 fully saturated rings. The molecule has 3 rings (SSSR count). The first-order valence-electron chi connectivity index (χ1n) is 7.21. The van der Waals surface area contributed by atoms with E-state index in [9.17, 15) is 9.59 Å². The lowest BCUT2D eigenvalue weighted by Gasteiger charge is -2.21. The summed E-state index contributed by atoms with van der Waals surface area (Å²) in [7, 11) is 1.56. The molecule has 0 radical (unpaired) electrons. The third-order valence-corrected chi connectivity index (χ3v) is 3.56. The molecular weight excluding hydrogens is 298 g/mol. The predicted octanol–water partition coefficient (Wildman–Crippen LogP) is 1.19. The van der Waals surface area contributed by atoms with Gasteiger partial charge in [-0.05, 0) is 19.1 Å². The SMILES string of the molecule is COc1cccc(NC(=O)C[C@H]2Cn3nc(C)nc3NC2=O)c1. The highest BCUT2D eigenvalue weighted by Gasteiger charge is 2.29. The van der Waals surface area contributed by atoms with Gasteiger partial charge in [0.15, 0.2) is 0 Å². The summed E-state index contributed by atoms with van der Waals surface area (Å²) >= 11 is 0.